The van der Waals surface area contributed by atoms with Gasteiger partial charge in [0, 0.05) is 5.88 Å². The quantitative estimate of drug-likeness (QED) is 0.319. The highest BCUT2D eigenvalue weighted by Crippen LogP contribution is 2.52. The summed E-state index contributed by atoms with van der Waals surface area (Å²) in [4.78, 5) is 40.3. The predicted octanol–water partition coefficient (Wildman–Crippen LogP) is 4.35. The molecule has 4 rings (SSSR count). The van der Waals surface area contributed by atoms with Crippen LogP contribution >= 0.6 is 23.4 Å². The van der Waals surface area contributed by atoms with Crippen LogP contribution in [0, 0.1) is 5.92 Å². The molecule has 4 atom stereocenters. The third-order valence-corrected chi connectivity index (χ3v) is 8.44. The van der Waals surface area contributed by atoms with Gasteiger partial charge in [-0.25, -0.2) is 9.59 Å². The molecule has 0 aromatic heterocycles. The van der Waals surface area contributed by atoms with Crippen molar-refractivity contribution in [3.05, 3.63) is 71.8 Å². The Morgan fingerprint density at radius 1 is 1.09 bits per heavy atom. The number of carbonyl (C=O) groups is 3. The Balaban J connectivity index is 1.54. The van der Waals surface area contributed by atoms with Crippen molar-refractivity contribution in [3.8, 4) is 0 Å². The molecule has 2 heterocycles. The zero-order chi connectivity index (χ0) is 25.2. The van der Waals surface area contributed by atoms with Crippen LogP contribution in [0.15, 0.2) is 60.7 Å². The molecule has 2 aliphatic rings. The number of nitrogens with zero attached hydrogens (tertiary/aromatic N) is 1. The Hall–Kier alpha value is -2.71. The molecule has 9 heteroatoms. The minimum atomic E-state index is -0.887. The number of fused-ring (bicyclic) bond motifs is 1. The van der Waals surface area contributed by atoms with Gasteiger partial charge in [-0.3, -0.25) is 4.79 Å². The van der Waals surface area contributed by atoms with E-state index in [0.29, 0.717) is 0 Å². The molecule has 0 spiro atoms. The number of hydrogen-bond donors (Lipinski definition) is 1. The molecule has 1 N–H and O–H groups in total. The van der Waals surface area contributed by atoms with Crippen LogP contribution in [0.1, 0.15) is 38.0 Å². The first-order chi connectivity index (χ1) is 16.7. The van der Waals surface area contributed by atoms with Gasteiger partial charge in [0.2, 0.25) is 5.91 Å². The van der Waals surface area contributed by atoms with Gasteiger partial charge in [-0.2, -0.15) is 0 Å². The number of alkyl carbamates (subject to hydrolysis) is 1. The van der Waals surface area contributed by atoms with E-state index in [9.17, 15) is 14.4 Å². The first kappa shape index (κ1) is 25.4. The summed E-state index contributed by atoms with van der Waals surface area (Å²) in [5, 5.41) is 2.21. The van der Waals surface area contributed by atoms with Crippen LogP contribution in [0.3, 0.4) is 0 Å². The molecule has 2 saturated heterocycles. The summed E-state index contributed by atoms with van der Waals surface area (Å²) in [6, 6.07) is 17.3. The molecule has 0 bridgehead atoms. The first-order valence-electron chi connectivity index (χ1n) is 11.5. The van der Waals surface area contributed by atoms with Gasteiger partial charge in [-0.05, 0) is 24.0 Å². The van der Waals surface area contributed by atoms with E-state index in [0.717, 1.165) is 11.1 Å². The zero-order valence-electron chi connectivity index (χ0n) is 19.8. The number of benzene rings is 2. The third-order valence-electron chi connectivity index (χ3n) is 6.07. The minimum Gasteiger partial charge on any atom is -0.451 e. The highest BCUT2D eigenvalue weighted by molar-refractivity contribution is 8.01. The van der Waals surface area contributed by atoms with E-state index in [4.69, 9.17) is 21.1 Å². The number of esters is 1. The van der Waals surface area contributed by atoms with Crippen molar-refractivity contribution in [2.75, 3.05) is 12.5 Å². The van der Waals surface area contributed by atoms with E-state index in [1.807, 2.05) is 81.4 Å². The third kappa shape index (κ3) is 5.14. The van der Waals surface area contributed by atoms with Gasteiger partial charge in [-0.1, -0.05) is 74.5 Å². The van der Waals surface area contributed by atoms with E-state index in [1.165, 1.54) is 16.7 Å². The van der Waals surface area contributed by atoms with Crippen LogP contribution < -0.4 is 5.32 Å². The van der Waals surface area contributed by atoms with Crippen molar-refractivity contribution in [1.82, 2.24) is 10.2 Å². The Morgan fingerprint density at radius 2 is 1.66 bits per heavy atom. The molecular weight excluding hydrogens is 488 g/mol. The molecule has 0 unspecified atom stereocenters. The summed E-state index contributed by atoms with van der Waals surface area (Å²) < 4.78 is 10.4. The standard InChI is InChI=1S/C26H29ClN2O5S/c1-16(2)14-33-25(32)28-19-22(30)29-21(26(3,15-27)35-23(19)29)24(31)34-20(17-10-6-4-7-11-17)18-12-8-5-9-13-18/h4-13,16,19-21,23H,14-15H2,1-3H3,(H,28,32)/t19-,21+,23+,26+/m1/s1. The normalized spacial score (nSPS) is 25.3. The molecule has 0 radical (unpaired) electrons. The number of amides is 2. The SMILES string of the molecule is CC(C)COC(=O)N[C@@H]1C(=O)N2[C@@H](C(=O)OC(c3ccccc3)c3ccccc3)[C@](C)(CCl)S[C@@H]12. The summed E-state index contributed by atoms with van der Waals surface area (Å²) in [6.07, 6.45) is -1.28. The topological polar surface area (TPSA) is 84.9 Å². The van der Waals surface area contributed by atoms with Crippen LogP contribution in [0.4, 0.5) is 4.79 Å². The molecule has 0 aliphatic carbocycles. The van der Waals surface area contributed by atoms with Gasteiger partial charge >= 0.3 is 12.1 Å². The molecule has 7 nitrogen and oxygen atoms in total. The van der Waals surface area contributed by atoms with Crippen molar-refractivity contribution in [1.29, 1.82) is 0 Å². The van der Waals surface area contributed by atoms with E-state index in [2.05, 4.69) is 5.32 Å². The van der Waals surface area contributed by atoms with Crippen LogP contribution in [0.5, 0.6) is 0 Å². The summed E-state index contributed by atoms with van der Waals surface area (Å²) in [6.45, 7) is 5.95. The Kier molecular flexibility index (Phi) is 7.62. The number of alkyl halides is 1. The zero-order valence-corrected chi connectivity index (χ0v) is 21.4. The van der Waals surface area contributed by atoms with Gasteiger partial charge in [0.15, 0.2) is 6.10 Å². The summed E-state index contributed by atoms with van der Waals surface area (Å²) >= 11 is 7.72. The maximum atomic E-state index is 13.6. The van der Waals surface area contributed by atoms with Gasteiger partial charge < -0.3 is 19.7 Å². The Labute approximate surface area is 214 Å². The van der Waals surface area contributed by atoms with E-state index >= 15 is 0 Å². The Bertz CT molecular complexity index is 1030. The van der Waals surface area contributed by atoms with Crippen molar-refractivity contribution in [2.24, 2.45) is 5.92 Å². The lowest BCUT2D eigenvalue weighted by Crippen LogP contribution is -2.71. The van der Waals surface area contributed by atoms with E-state index in [1.54, 1.807) is 0 Å². The van der Waals surface area contributed by atoms with Crippen LogP contribution in [0.2, 0.25) is 0 Å². The van der Waals surface area contributed by atoms with Crippen molar-refractivity contribution >= 4 is 41.3 Å². The van der Waals surface area contributed by atoms with Gasteiger partial charge in [0.25, 0.3) is 0 Å². The summed E-state index contributed by atoms with van der Waals surface area (Å²) in [7, 11) is 0. The number of rotatable bonds is 8. The molecule has 2 aromatic rings. The van der Waals surface area contributed by atoms with Gasteiger partial charge in [0.05, 0.1) is 11.4 Å². The number of β-lactam (4-membered cyclic amide) rings is 1. The van der Waals surface area contributed by atoms with Crippen molar-refractivity contribution in [2.45, 2.75) is 49.1 Å². The lowest BCUT2D eigenvalue weighted by atomic mass is 9.95. The van der Waals surface area contributed by atoms with Gasteiger partial charge in [0.1, 0.15) is 17.5 Å². The maximum Gasteiger partial charge on any atom is 0.407 e. The highest BCUT2D eigenvalue weighted by atomic mass is 35.5. The second-order valence-electron chi connectivity index (χ2n) is 9.36. The average Bonchev–Trinajstić information content (AvgIpc) is 3.15. The molecule has 2 aromatic carbocycles. The van der Waals surface area contributed by atoms with Crippen LogP contribution in [0.25, 0.3) is 0 Å². The number of ether oxygens (including phenoxy) is 2. The number of carbonyl (C=O) groups excluding carboxylic acids is 3. The van der Waals surface area contributed by atoms with Crippen LogP contribution in [-0.4, -0.2) is 57.6 Å². The summed E-state index contributed by atoms with van der Waals surface area (Å²) in [5.41, 5.74) is 1.65. The van der Waals surface area contributed by atoms with Crippen molar-refractivity contribution in [3.63, 3.8) is 0 Å². The average molecular weight is 517 g/mol. The molecular formula is C26H29ClN2O5S. The number of thioether (sulfide) groups is 1. The summed E-state index contributed by atoms with van der Waals surface area (Å²) in [5.74, 6) is -0.578. The fourth-order valence-electron chi connectivity index (χ4n) is 4.30. The lowest BCUT2D eigenvalue weighted by Gasteiger charge is -2.43. The highest BCUT2D eigenvalue weighted by Gasteiger charge is 2.66. The second-order valence-corrected chi connectivity index (χ2v) is 11.3. The maximum absolute atomic E-state index is 13.6. The number of halogens is 1. The molecule has 186 valence electrons. The molecule has 2 amide bonds. The fourth-order valence-corrected chi connectivity index (χ4v) is 6.24. The number of hydrogen-bond acceptors (Lipinski definition) is 6. The molecule has 2 aliphatic heterocycles. The number of nitrogens with one attached hydrogen (secondary N) is 1. The fraction of sp³-hybridized carbons (Fsp3) is 0.423. The lowest BCUT2D eigenvalue weighted by molar-refractivity contribution is -0.166. The van der Waals surface area contributed by atoms with E-state index < -0.39 is 40.4 Å². The van der Waals surface area contributed by atoms with Crippen LogP contribution in [-0.2, 0) is 19.1 Å². The van der Waals surface area contributed by atoms with E-state index in [-0.39, 0.29) is 24.3 Å². The second kappa shape index (κ2) is 10.5. The molecule has 35 heavy (non-hydrogen) atoms. The van der Waals surface area contributed by atoms with Crippen molar-refractivity contribution < 1.29 is 23.9 Å². The predicted molar refractivity (Wildman–Crippen MR) is 135 cm³/mol. The van der Waals surface area contributed by atoms with Gasteiger partial charge in [-0.15, -0.1) is 23.4 Å². The Morgan fingerprint density at radius 3 is 2.17 bits per heavy atom. The monoisotopic (exact) mass is 516 g/mol. The molecule has 0 saturated carbocycles. The minimum absolute atomic E-state index is 0.129. The smallest absolute Gasteiger partial charge is 0.407 e. The molecule has 2 fully saturated rings. The largest absolute Gasteiger partial charge is 0.451 e. The first-order valence-corrected chi connectivity index (χ1v) is 13.0.